The lowest BCUT2D eigenvalue weighted by molar-refractivity contribution is 0.339. The molecule has 4 rings (SSSR count). The van der Waals surface area contributed by atoms with Crippen molar-refractivity contribution in [2.24, 2.45) is 0 Å². The predicted molar refractivity (Wildman–Crippen MR) is 128 cm³/mol. The SMILES string of the molecule is COc1ccc(-c2nnc(SCCCS(=O)(=O)c3ccccc3)n2C2CCCCC2)cc1. The van der Waals surface area contributed by atoms with E-state index in [0.717, 1.165) is 35.1 Å². The van der Waals surface area contributed by atoms with E-state index in [-0.39, 0.29) is 5.75 Å². The van der Waals surface area contributed by atoms with Crippen LogP contribution >= 0.6 is 11.8 Å². The summed E-state index contributed by atoms with van der Waals surface area (Å²) in [6, 6.07) is 17.0. The van der Waals surface area contributed by atoms with Gasteiger partial charge >= 0.3 is 0 Å². The van der Waals surface area contributed by atoms with Crippen LogP contribution < -0.4 is 4.74 Å². The summed E-state index contributed by atoms with van der Waals surface area (Å²) in [5, 5.41) is 9.90. The maximum absolute atomic E-state index is 12.5. The van der Waals surface area contributed by atoms with Gasteiger partial charge in [0, 0.05) is 17.4 Å². The quantitative estimate of drug-likeness (QED) is 0.307. The number of thioether (sulfide) groups is 1. The van der Waals surface area contributed by atoms with E-state index in [1.54, 1.807) is 43.1 Å². The van der Waals surface area contributed by atoms with Crippen LogP contribution in [0.4, 0.5) is 0 Å². The average Bonchev–Trinajstić information content (AvgIpc) is 3.27. The van der Waals surface area contributed by atoms with Crippen LogP contribution in [0, 0.1) is 0 Å². The molecule has 1 fully saturated rings. The highest BCUT2D eigenvalue weighted by atomic mass is 32.2. The molecule has 3 aromatic rings. The summed E-state index contributed by atoms with van der Waals surface area (Å²) in [4.78, 5) is 0.386. The fourth-order valence-corrected chi connectivity index (χ4v) is 6.60. The molecule has 0 atom stereocenters. The Labute approximate surface area is 194 Å². The molecule has 8 heteroatoms. The van der Waals surface area contributed by atoms with Crippen LogP contribution in [-0.4, -0.2) is 41.8 Å². The van der Waals surface area contributed by atoms with Gasteiger partial charge in [0.2, 0.25) is 0 Å². The van der Waals surface area contributed by atoms with Crippen molar-refractivity contribution in [2.75, 3.05) is 18.6 Å². The number of sulfone groups is 1. The molecule has 0 spiro atoms. The van der Waals surface area contributed by atoms with Crippen LogP contribution in [0.3, 0.4) is 0 Å². The van der Waals surface area contributed by atoms with Crippen molar-refractivity contribution in [3.05, 3.63) is 54.6 Å². The van der Waals surface area contributed by atoms with Gasteiger partial charge < -0.3 is 4.74 Å². The maximum atomic E-state index is 12.5. The number of aromatic nitrogens is 3. The minimum atomic E-state index is -3.26. The number of hydrogen-bond donors (Lipinski definition) is 0. The van der Waals surface area contributed by atoms with Crippen LogP contribution in [0.25, 0.3) is 11.4 Å². The van der Waals surface area contributed by atoms with Gasteiger partial charge in [-0.2, -0.15) is 0 Å². The van der Waals surface area contributed by atoms with Gasteiger partial charge in [0.05, 0.1) is 17.8 Å². The third-order valence-corrected chi connectivity index (χ3v) is 8.69. The Morgan fingerprint density at radius 3 is 2.41 bits per heavy atom. The number of benzene rings is 2. The molecule has 32 heavy (non-hydrogen) atoms. The maximum Gasteiger partial charge on any atom is 0.191 e. The van der Waals surface area contributed by atoms with Crippen molar-refractivity contribution in [1.29, 1.82) is 0 Å². The third kappa shape index (κ3) is 5.35. The van der Waals surface area contributed by atoms with E-state index in [0.29, 0.717) is 23.1 Å². The molecule has 1 aliphatic carbocycles. The molecule has 1 saturated carbocycles. The lowest BCUT2D eigenvalue weighted by atomic mass is 9.95. The van der Waals surface area contributed by atoms with E-state index in [2.05, 4.69) is 14.8 Å². The summed E-state index contributed by atoms with van der Waals surface area (Å²) in [5.74, 6) is 2.50. The smallest absolute Gasteiger partial charge is 0.191 e. The third-order valence-electron chi connectivity index (χ3n) is 5.84. The van der Waals surface area contributed by atoms with E-state index in [9.17, 15) is 8.42 Å². The lowest BCUT2D eigenvalue weighted by Gasteiger charge is -2.25. The van der Waals surface area contributed by atoms with E-state index in [4.69, 9.17) is 4.74 Å². The van der Waals surface area contributed by atoms with Crippen molar-refractivity contribution in [2.45, 2.75) is 54.6 Å². The normalized spacial score (nSPS) is 15.0. The van der Waals surface area contributed by atoms with E-state index >= 15 is 0 Å². The zero-order valence-electron chi connectivity index (χ0n) is 18.3. The number of methoxy groups -OCH3 is 1. The standard InChI is InChI=1S/C24H29N3O3S2/c1-30-21-15-13-19(14-16-21)23-25-26-24(27(23)20-9-4-2-5-10-20)31-17-8-18-32(28,29)22-11-6-3-7-12-22/h3,6-7,11-16,20H,2,4-5,8-10,17-18H2,1H3. The first-order valence-electron chi connectivity index (χ1n) is 11.1. The molecule has 0 amide bonds. The van der Waals surface area contributed by atoms with E-state index in [1.165, 1.54) is 19.3 Å². The van der Waals surface area contributed by atoms with Crippen molar-refractivity contribution < 1.29 is 13.2 Å². The highest BCUT2D eigenvalue weighted by Gasteiger charge is 2.24. The molecule has 0 bridgehead atoms. The van der Waals surface area contributed by atoms with Gasteiger partial charge in [0.1, 0.15) is 5.75 Å². The van der Waals surface area contributed by atoms with E-state index in [1.807, 2.05) is 30.3 Å². The van der Waals surface area contributed by atoms with Gasteiger partial charge in [0.25, 0.3) is 0 Å². The molecule has 0 unspecified atom stereocenters. The van der Waals surface area contributed by atoms with Crippen LogP contribution in [-0.2, 0) is 9.84 Å². The molecule has 170 valence electrons. The average molecular weight is 472 g/mol. The second kappa shape index (κ2) is 10.5. The Balaban J connectivity index is 1.48. The first-order chi connectivity index (χ1) is 15.6. The molecular formula is C24H29N3O3S2. The molecule has 0 saturated heterocycles. The Morgan fingerprint density at radius 1 is 1.00 bits per heavy atom. The first-order valence-corrected chi connectivity index (χ1v) is 13.7. The molecule has 1 aromatic heterocycles. The Hall–Kier alpha value is -2.32. The second-order valence-electron chi connectivity index (χ2n) is 8.03. The van der Waals surface area contributed by atoms with Crippen molar-refractivity contribution >= 4 is 21.6 Å². The number of hydrogen-bond acceptors (Lipinski definition) is 6. The van der Waals surface area contributed by atoms with Crippen LogP contribution in [0.1, 0.15) is 44.6 Å². The van der Waals surface area contributed by atoms with Gasteiger partial charge in [-0.15, -0.1) is 10.2 Å². The van der Waals surface area contributed by atoms with Crippen LogP contribution in [0.15, 0.2) is 64.6 Å². The van der Waals surface area contributed by atoms with Gasteiger partial charge in [-0.25, -0.2) is 8.42 Å². The molecule has 6 nitrogen and oxygen atoms in total. The molecule has 2 aromatic carbocycles. The monoisotopic (exact) mass is 471 g/mol. The molecule has 0 N–H and O–H groups in total. The molecule has 0 radical (unpaired) electrons. The Bertz CT molecular complexity index is 1110. The zero-order valence-corrected chi connectivity index (χ0v) is 19.9. The summed E-state index contributed by atoms with van der Waals surface area (Å²) in [6.45, 7) is 0. The summed E-state index contributed by atoms with van der Waals surface area (Å²) in [6.07, 6.45) is 6.51. The highest BCUT2D eigenvalue weighted by Crippen LogP contribution is 2.36. The fraction of sp³-hybridized carbons (Fsp3) is 0.417. The van der Waals surface area contributed by atoms with Gasteiger partial charge in [-0.05, 0) is 55.7 Å². The summed E-state index contributed by atoms with van der Waals surface area (Å²) in [7, 11) is -1.60. The first kappa shape index (κ1) is 22.9. The molecular weight excluding hydrogens is 442 g/mol. The number of ether oxygens (including phenoxy) is 1. The summed E-state index contributed by atoms with van der Waals surface area (Å²) >= 11 is 1.60. The summed E-state index contributed by atoms with van der Waals surface area (Å²) in [5.41, 5.74) is 1.02. The van der Waals surface area contributed by atoms with Crippen molar-refractivity contribution in [3.8, 4) is 17.1 Å². The molecule has 0 aliphatic heterocycles. The van der Waals surface area contributed by atoms with Crippen molar-refractivity contribution in [3.63, 3.8) is 0 Å². The highest BCUT2D eigenvalue weighted by molar-refractivity contribution is 7.99. The topological polar surface area (TPSA) is 74.1 Å². The van der Waals surface area contributed by atoms with Gasteiger partial charge in [-0.3, -0.25) is 4.57 Å². The van der Waals surface area contributed by atoms with Gasteiger partial charge in [0.15, 0.2) is 20.8 Å². The van der Waals surface area contributed by atoms with Crippen molar-refractivity contribution in [1.82, 2.24) is 14.8 Å². The lowest BCUT2D eigenvalue weighted by Crippen LogP contribution is -2.15. The largest absolute Gasteiger partial charge is 0.497 e. The molecule has 1 aliphatic rings. The zero-order chi connectivity index (χ0) is 22.4. The van der Waals surface area contributed by atoms with Gasteiger partial charge in [-0.1, -0.05) is 49.2 Å². The minimum absolute atomic E-state index is 0.132. The Kier molecular flexibility index (Phi) is 7.52. The minimum Gasteiger partial charge on any atom is -0.497 e. The number of nitrogens with zero attached hydrogens (tertiary/aromatic N) is 3. The van der Waals surface area contributed by atoms with Crippen LogP contribution in [0.5, 0.6) is 5.75 Å². The summed E-state index contributed by atoms with van der Waals surface area (Å²) < 4.78 is 32.7. The predicted octanol–water partition coefficient (Wildman–Crippen LogP) is 5.42. The number of rotatable bonds is 9. The second-order valence-corrected chi connectivity index (χ2v) is 11.2. The Morgan fingerprint density at radius 2 is 1.72 bits per heavy atom. The molecule has 1 heterocycles. The fourth-order valence-electron chi connectivity index (χ4n) is 4.14. The van der Waals surface area contributed by atoms with E-state index < -0.39 is 9.84 Å². The van der Waals surface area contributed by atoms with Crippen LogP contribution in [0.2, 0.25) is 0 Å².